The lowest BCUT2D eigenvalue weighted by atomic mass is 9.59. The van der Waals surface area contributed by atoms with Gasteiger partial charge in [-0.1, -0.05) is 84.9 Å². The molecule has 2 aliphatic rings. The Balaban J connectivity index is 1.31. The number of hydrogen-bond acceptors (Lipinski definition) is 0. The third-order valence-corrected chi connectivity index (χ3v) is 13.1. The van der Waals surface area contributed by atoms with E-state index in [-0.39, 0.29) is 5.41 Å². The summed E-state index contributed by atoms with van der Waals surface area (Å²) in [5.74, 6) is 0. The van der Waals surface area contributed by atoms with E-state index in [1.807, 2.05) is 0 Å². The predicted octanol–water partition coefficient (Wildman–Crippen LogP) is 10.8. The molecule has 2 atom stereocenters. The van der Waals surface area contributed by atoms with E-state index in [2.05, 4.69) is 180 Å². The summed E-state index contributed by atoms with van der Waals surface area (Å²) in [5.41, 5.74) is 15.6. The van der Waals surface area contributed by atoms with Crippen LogP contribution in [0.15, 0.2) is 152 Å². The predicted molar refractivity (Wildman–Crippen MR) is 214 cm³/mol. The Labute approximate surface area is 303 Å². The fraction of sp³-hybridized carbons (Fsp3) is 0.143. The normalized spacial score (nSPS) is 19.5. The van der Waals surface area contributed by atoms with Crippen LogP contribution in [0.1, 0.15) is 37.0 Å². The van der Waals surface area contributed by atoms with E-state index in [0.717, 1.165) is 18.5 Å². The second-order valence-corrected chi connectivity index (χ2v) is 15.4. The number of hydrogen-bond donors (Lipinski definition) is 0. The molecule has 0 N–H and O–H groups in total. The van der Waals surface area contributed by atoms with Crippen LogP contribution < -0.4 is 9.13 Å². The van der Waals surface area contributed by atoms with E-state index < -0.39 is 5.54 Å². The quantitative estimate of drug-likeness (QED) is 0.154. The largest absolute Gasteiger partial charge is 0.308 e. The van der Waals surface area contributed by atoms with Crippen LogP contribution in [0, 0.1) is 6.92 Å². The van der Waals surface area contributed by atoms with Gasteiger partial charge in [-0.05, 0) is 85.9 Å². The minimum absolute atomic E-state index is 0.344. The first kappa shape index (κ1) is 29.6. The number of aryl methyl sites for hydroxylation is 2. The summed E-state index contributed by atoms with van der Waals surface area (Å²) in [5, 5.41) is 5.24. The van der Waals surface area contributed by atoms with Crippen molar-refractivity contribution in [1.29, 1.82) is 0 Å². The number of benzene rings is 5. The van der Waals surface area contributed by atoms with E-state index in [1.54, 1.807) is 0 Å². The molecule has 0 aliphatic carbocycles. The van der Waals surface area contributed by atoms with Crippen LogP contribution in [0.3, 0.4) is 0 Å². The Bertz CT molecular complexity index is 2970. The standard InChI is InChI=1S/C49H39N3/c1-31-27-45-40-28-39-38-21-14-20-37-36-19-10-11-23-44(36)52(47(37)38)46(39)29-42(40)48(3)25-24-34-17-8-9-18-35(34)43-22-12-13-26-50(43)32(2)49(48,4)51(45)30-41(31)33-15-6-5-7-16-33/h5-23,26-30H,2,24-25H2,1,3-4H3/q+2. The van der Waals surface area contributed by atoms with Gasteiger partial charge in [-0.2, -0.15) is 9.13 Å². The van der Waals surface area contributed by atoms with Gasteiger partial charge in [0.05, 0.1) is 27.5 Å². The average Bonchev–Trinajstić information content (AvgIpc) is 3.71. The van der Waals surface area contributed by atoms with E-state index in [0.29, 0.717) is 0 Å². The molecule has 0 spiro atoms. The number of aromatic nitrogens is 3. The van der Waals surface area contributed by atoms with Crippen molar-refractivity contribution in [2.45, 2.75) is 44.6 Å². The first-order valence-electron chi connectivity index (χ1n) is 18.5. The van der Waals surface area contributed by atoms with Crippen LogP contribution in [0.5, 0.6) is 0 Å². The molecule has 52 heavy (non-hydrogen) atoms. The number of rotatable bonds is 1. The van der Waals surface area contributed by atoms with Gasteiger partial charge < -0.3 is 4.40 Å². The number of allylic oxidation sites excluding steroid dienone is 1. The number of pyridine rings is 2. The van der Waals surface area contributed by atoms with E-state index in [1.165, 1.54) is 88.4 Å². The molecular weight excluding hydrogens is 631 g/mol. The second-order valence-electron chi connectivity index (χ2n) is 15.4. The minimum atomic E-state index is -0.539. The van der Waals surface area contributed by atoms with Gasteiger partial charge in [0.1, 0.15) is 0 Å². The summed E-state index contributed by atoms with van der Waals surface area (Å²) in [6.07, 6.45) is 6.56. The fourth-order valence-corrected chi connectivity index (χ4v) is 10.2. The van der Waals surface area contributed by atoms with Crippen molar-refractivity contribution in [3.05, 3.63) is 169 Å². The molecule has 0 amide bonds. The summed E-state index contributed by atoms with van der Waals surface area (Å²) in [6.45, 7) is 12.3. The smallest absolute Gasteiger partial charge is 0.257 e. The molecule has 3 nitrogen and oxygen atoms in total. The van der Waals surface area contributed by atoms with Crippen LogP contribution in [-0.2, 0) is 17.4 Å². The van der Waals surface area contributed by atoms with Crippen molar-refractivity contribution in [2.24, 2.45) is 0 Å². The molecule has 3 heteroatoms. The van der Waals surface area contributed by atoms with Crippen molar-refractivity contribution in [2.75, 3.05) is 0 Å². The third kappa shape index (κ3) is 3.60. The lowest BCUT2D eigenvalue weighted by Gasteiger charge is -2.45. The van der Waals surface area contributed by atoms with Gasteiger partial charge in [-0.15, -0.1) is 0 Å². The molecule has 11 rings (SSSR count). The zero-order chi connectivity index (χ0) is 34.9. The number of fused-ring (bicyclic) bond motifs is 15. The Morgan fingerprint density at radius 1 is 0.635 bits per heavy atom. The highest BCUT2D eigenvalue weighted by atomic mass is 15.2. The van der Waals surface area contributed by atoms with E-state index >= 15 is 0 Å². The van der Waals surface area contributed by atoms with Crippen LogP contribution in [0.2, 0.25) is 0 Å². The average molecular weight is 670 g/mol. The lowest BCUT2D eigenvalue weighted by Crippen LogP contribution is -2.71. The topological polar surface area (TPSA) is 12.2 Å². The maximum Gasteiger partial charge on any atom is 0.257 e. The summed E-state index contributed by atoms with van der Waals surface area (Å²) >= 11 is 0. The van der Waals surface area contributed by atoms with Crippen LogP contribution in [-0.4, -0.2) is 4.40 Å². The molecule has 0 bridgehead atoms. The zero-order valence-electron chi connectivity index (χ0n) is 29.8. The highest BCUT2D eigenvalue weighted by molar-refractivity contribution is 6.23. The molecule has 248 valence electrons. The van der Waals surface area contributed by atoms with Crippen LogP contribution >= 0.6 is 0 Å². The molecule has 0 saturated heterocycles. The molecule has 0 saturated carbocycles. The Morgan fingerprint density at radius 3 is 2.23 bits per heavy atom. The second kappa shape index (κ2) is 10.3. The van der Waals surface area contributed by atoms with Gasteiger partial charge in [-0.25, -0.2) is 0 Å². The van der Waals surface area contributed by atoms with Gasteiger partial charge >= 0.3 is 0 Å². The Kier molecular flexibility index (Phi) is 5.85. The maximum atomic E-state index is 5.08. The Hall–Kier alpha value is -6.06. The van der Waals surface area contributed by atoms with Gasteiger partial charge in [0.25, 0.3) is 11.2 Å². The summed E-state index contributed by atoms with van der Waals surface area (Å²) < 4.78 is 7.51. The summed E-state index contributed by atoms with van der Waals surface area (Å²) in [4.78, 5) is 0. The molecule has 5 aromatic carbocycles. The summed E-state index contributed by atoms with van der Waals surface area (Å²) in [7, 11) is 0. The maximum absolute atomic E-state index is 5.08. The highest BCUT2D eigenvalue weighted by Crippen LogP contribution is 2.54. The van der Waals surface area contributed by atoms with Gasteiger partial charge in [-0.3, -0.25) is 0 Å². The van der Waals surface area contributed by atoms with Crippen molar-refractivity contribution in [3.8, 4) is 33.6 Å². The number of para-hydroxylation sites is 2. The van der Waals surface area contributed by atoms with E-state index in [4.69, 9.17) is 6.58 Å². The first-order chi connectivity index (χ1) is 25.4. The highest BCUT2D eigenvalue weighted by Gasteiger charge is 2.64. The van der Waals surface area contributed by atoms with E-state index in [9.17, 15) is 0 Å². The molecular formula is C49H39N3+2. The van der Waals surface area contributed by atoms with Gasteiger partial charge in [0, 0.05) is 57.8 Å². The zero-order valence-corrected chi connectivity index (χ0v) is 29.8. The first-order valence-corrected chi connectivity index (χ1v) is 18.5. The van der Waals surface area contributed by atoms with Gasteiger partial charge in [0.15, 0.2) is 12.4 Å². The van der Waals surface area contributed by atoms with Crippen molar-refractivity contribution >= 4 is 43.8 Å². The fourth-order valence-electron chi connectivity index (χ4n) is 10.2. The van der Waals surface area contributed by atoms with Crippen LogP contribution in [0.4, 0.5) is 0 Å². The van der Waals surface area contributed by atoms with Crippen LogP contribution in [0.25, 0.3) is 77.4 Å². The molecule has 9 aromatic rings. The molecule has 4 aromatic heterocycles. The third-order valence-electron chi connectivity index (χ3n) is 13.1. The van der Waals surface area contributed by atoms with Gasteiger partial charge in [0.2, 0.25) is 11.4 Å². The molecule has 2 aliphatic heterocycles. The molecule has 0 fully saturated rings. The monoisotopic (exact) mass is 669 g/mol. The Morgan fingerprint density at radius 2 is 1.37 bits per heavy atom. The molecule has 6 heterocycles. The molecule has 0 radical (unpaired) electrons. The van der Waals surface area contributed by atoms with Crippen molar-refractivity contribution < 1.29 is 9.13 Å². The SMILES string of the molecule is C=C1[n+]2ccccc2-c2ccccc2CCC2(C)c3cc4c(cc3-c3cc(C)c(-c5ccccc5)c[n+]3C12C)c1cccc2c3ccccc3n4c21. The number of nitrogens with zero attached hydrogens (tertiary/aromatic N) is 3. The minimum Gasteiger partial charge on any atom is -0.308 e. The van der Waals surface area contributed by atoms with Crippen molar-refractivity contribution in [3.63, 3.8) is 0 Å². The summed E-state index contributed by atoms with van der Waals surface area (Å²) in [6, 6.07) is 49.6. The molecule has 2 unspecified atom stereocenters. The lowest BCUT2D eigenvalue weighted by molar-refractivity contribution is -0.769. The van der Waals surface area contributed by atoms with Crippen molar-refractivity contribution in [1.82, 2.24) is 4.40 Å².